The van der Waals surface area contributed by atoms with Crippen LogP contribution in [0.4, 0.5) is 5.69 Å². The van der Waals surface area contributed by atoms with E-state index >= 15 is 0 Å². The molecule has 6 heteroatoms. The van der Waals surface area contributed by atoms with Gasteiger partial charge in [0.1, 0.15) is 12.4 Å². The van der Waals surface area contributed by atoms with Gasteiger partial charge in [0.25, 0.3) is 11.8 Å². The minimum Gasteiger partial charge on any atom is -0.490 e. The third-order valence-corrected chi connectivity index (χ3v) is 4.23. The lowest BCUT2D eigenvalue weighted by Crippen LogP contribution is -2.32. The Morgan fingerprint density at radius 2 is 1.61 bits per heavy atom. The Morgan fingerprint density at radius 1 is 0.929 bits per heavy atom. The lowest BCUT2D eigenvalue weighted by Gasteiger charge is -2.15. The number of nitrogens with one attached hydrogen (secondary N) is 2. The van der Waals surface area contributed by atoms with Gasteiger partial charge < -0.3 is 20.1 Å². The topological polar surface area (TPSA) is 76.7 Å². The molecule has 0 aromatic heterocycles. The lowest BCUT2D eigenvalue weighted by molar-refractivity contribution is 0.0940. The summed E-state index contributed by atoms with van der Waals surface area (Å²) in [6.45, 7) is 7.27. The Labute approximate surface area is 166 Å². The van der Waals surface area contributed by atoms with Crippen molar-refractivity contribution < 1.29 is 19.1 Å². The first kappa shape index (κ1) is 21.4. The Morgan fingerprint density at radius 3 is 2.32 bits per heavy atom. The van der Waals surface area contributed by atoms with Gasteiger partial charge in [-0.2, -0.15) is 0 Å². The fourth-order valence-corrected chi connectivity index (χ4v) is 2.52. The number of para-hydroxylation sites is 2. The summed E-state index contributed by atoms with van der Waals surface area (Å²) in [4.78, 5) is 25.3. The highest BCUT2D eigenvalue weighted by atomic mass is 16.5. The summed E-state index contributed by atoms with van der Waals surface area (Å²) in [6.07, 6.45) is 0.826. The highest BCUT2D eigenvalue weighted by Crippen LogP contribution is 2.21. The summed E-state index contributed by atoms with van der Waals surface area (Å²) in [5, 5.41) is 5.75. The van der Waals surface area contributed by atoms with Crippen molar-refractivity contribution in [2.75, 3.05) is 25.1 Å². The van der Waals surface area contributed by atoms with Gasteiger partial charge in [0.15, 0.2) is 0 Å². The molecule has 1 unspecified atom stereocenters. The summed E-state index contributed by atoms with van der Waals surface area (Å²) in [6, 6.07) is 14.0. The van der Waals surface area contributed by atoms with Crippen molar-refractivity contribution in [3.05, 3.63) is 59.7 Å². The average Bonchev–Trinajstić information content (AvgIpc) is 2.71. The van der Waals surface area contributed by atoms with Crippen LogP contribution in [0.5, 0.6) is 5.75 Å². The van der Waals surface area contributed by atoms with Crippen LogP contribution < -0.4 is 15.4 Å². The van der Waals surface area contributed by atoms with Crippen LogP contribution >= 0.6 is 0 Å². The maximum absolute atomic E-state index is 12.8. The molecule has 0 aliphatic heterocycles. The van der Waals surface area contributed by atoms with Crippen molar-refractivity contribution in [3.63, 3.8) is 0 Å². The monoisotopic (exact) mass is 384 g/mol. The van der Waals surface area contributed by atoms with Crippen LogP contribution in [-0.2, 0) is 4.74 Å². The molecule has 2 amide bonds. The van der Waals surface area contributed by atoms with Gasteiger partial charge in [0.2, 0.25) is 0 Å². The molecule has 6 nitrogen and oxygen atoms in total. The molecule has 0 fully saturated rings. The fourth-order valence-electron chi connectivity index (χ4n) is 2.52. The summed E-state index contributed by atoms with van der Waals surface area (Å²) < 4.78 is 10.9. The van der Waals surface area contributed by atoms with Crippen molar-refractivity contribution in [2.24, 2.45) is 0 Å². The first-order valence-corrected chi connectivity index (χ1v) is 9.57. The van der Waals surface area contributed by atoms with E-state index in [9.17, 15) is 9.59 Å². The Bertz CT molecular complexity index is 792. The smallest absolute Gasteiger partial charge is 0.259 e. The van der Waals surface area contributed by atoms with E-state index in [4.69, 9.17) is 9.47 Å². The molecule has 0 aliphatic carbocycles. The molecule has 2 aromatic rings. The van der Waals surface area contributed by atoms with Gasteiger partial charge in [-0.25, -0.2) is 0 Å². The number of ether oxygens (including phenoxy) is 2. The molecular weight excluding hydrogens is 356 g/mol. The second kappa shape index (κ2) is 11.1. The van der Waals surface area contributed by atoms with Gasteiger partial charge >= 0.3 is 0 Å². The second-order valence-corrected chi connectivity index (χ2v) is 6.32. The SMILES string of the molecule is CCOCCOc1ccccc1C(=O)Nc1ccccc1C(=O)NC(C)CC. The normalized spacial score (nSPS) is 11.5. The molecule has 2 rings (SSSR count). The van der Waals surface area contributed by atoms with Gasteiger partial charge in [0.05, 0.1) is 23.4 Å². The van der Waals surface area contributed by atoms with Gasteiger partial charge in [-0.3, -0.25) is 9.59 Å². The van der Waals surface area contributed by atoms with E-state index in [-0.39, 0.29) is 17.9 Å². The largest absolute Gasteiger partial charge is 0.490 e. The maximum atomic E-state index is 12.8. The number of hydrogen-bond acceptors (Lipinski definition) is 4. The van der Waals surface area contributed by atoms with E-state index in [2.05, 4.69) is 10.6 Å². The lowest BCUT2D eigenvalue weighted by atomic mass is 10.1. The van der Waals surface area contributed by atoms with Crippen molar-refractivity contribution in [1.29, 1.82) is 0 Å². The maximum Gasteiger partial charge on any atom is 0.259 e. The highest BCUT2D eigenvalue weighted by molar-refractivity contribution is 6.10. The number of amides is 2. The molecule has 2 aromatic carbocycles. The molecule has 0 radical (unpaired) electrons. The zero-order valence-electron chi connectivity index (χ0n) is 16.7. The number of anilines is 1. The highest BCUT2D eigenvalue weighted by Gasteiger charge is 2.17. The van der Waals surface area contributed by atoms with Gasteiger partial charge in [-0.1, -0.05) is 31.2 Å². The minimum absolute atomic E-state index is 0.0516. The van der Waals surface area contributed by atoms with Crippen molar-refractivity contribution in [3.8, 4) is 5.75 Å². The van der Waals surface area contributed by atoms with E-state index in [1.54, 1.807) is 48.5 Å². The molecule has 2 N–H and O–H groups in total. The summed E-state index contributed by atoms with van der Waals surface area (Å²) in [5.41, 5.74) is 1.28. The minimum atomic E-state index is -0.337. The van der Waals surface area contributed by atoms with Gasteiger partial charge in [0, 0.05) is 12.6 Å². The zero-order chi connectivity index (χ0) is 20.4. The zero-order valence-corrected chi connectivity index (χ0v) is 16.7. The van der Waals surface area contributed by atoms with E-state index < -0.39 is 0 Å². The van der Waals surface area contributed by atoms with Gasteiger partial charge in [-0.15, -0.1) is 0 Å². The van der Waals surface area contributed by atoms with Crippen LogP contribution in [0.25, 0.3) is 0 Å². The van der Waals surface area contributed by atoms with Crippen molar-refractivity contribution >= 4 is 17.5 Å². The Hall–Kier alpha value is -2.86. The van der Waals surface area contributed by atoms with Crippen LogP contribution in [0.2, 0.25) is 0 Å². The number of carbonyl (C=O) groups is 2. The van der Waals surface area contributed by atoms with Crippen molar-refractivity contribution in [1.82, 2.24) is 5.32 Å². The van der Waals surface area contributed by atoms with E-state index in [1.807, 2.05) is 20.8 Å². The Balaban J connectivity index is 2.14. The second-order valence-electron chi connectivity index (χ2n) is 6.32. The summed E-state index contributed by atoms with van der Waals surface area (Å²) in [7, 11) is 0. The standard InChI is InChI=1S/C22H28N2O4/c1-4-16(3)23-21(25)17-10-6-8-12-19(17)24-22(26)18-11-7-9-13-20(18)28-15-14-27-5-2/h6-13,16H,4-5,14-15H2,1-3H3,(H,23,25)(H,24,26). The summed E-state index contributed by atoms with van der Waals surface area (Å²) in [5.74, 6) is -0.0801. The number of benzene rings is 2. The predicted molar refractivity (Wildman–Crippen MR) is 110 cm³/mol. The van der Waals surface area contributed by atoms with E-state index in [0.29, 0.717) is 42.4 Å². The Kier molecular flexibility index (Phi) is 8.49. The molecule has 0 heterocycles. The third-order valence-electron chi connectivity index (χ3n) is 4.23. The number of rotatable bonds is 10. The van der Waals surface area contributed by atoms with Crippen LogP contribution in [-0.4, -0.2) is 37.7 Å². The quantitative estimate of drug-likeness (QED) is 0.610. The molecule has 0 saturated carbocycles. The number of hydrogen-bond donors (Lipinski definition) is 2. The fraction of sp³-hybridized carbons (Fsp3) is 0.364. The van der Waals surface area contributed by atoms with E-state index in [1.165, 1.54) is 0 Å². The van der Waals surface area contributed by atoms with Gasteiger partial charge in [-0.05, 0) is 44.5 Å². The van der Waals surface area contributed by atoms with E-state index in [0.717, 1.165) is 6.42 Å². The van der Waals surface area contributed by atoms with Crippen LogP contribution in [0, 0.1) is 0 Å². The molecule has 150 valence electrons. The van der Waals surface area contributed by atoms with Crippen LogP contribution in [0.1, 0.15) is 47.9 Å². The molecule has 28 heavy (non-hydrogen) atoms. The van der Waals surface area contributed by atoms with Crippen LogP contribution in [0.3, 0.4) is 0 Å². The van der Waals surface area contributed by atoms with Crippen LogP contribution in [0.15, 0.2) is 48.5 Å². The molecule has 1 atom stereocenters. The van der Waals surface area contributed by atoms with Crippen molar-refractivity contribution in [2.45, 2.75) is 33.2 Å². The average molecular weight is 384 g/mol. The molecule has 0 saturated heterocycles. The molecule has 0 aliphatic rings. The number of carbonyl (C=O) groups excluding carboxylic acids is 2. The summed E-state index contributed by atoms with van der Waals surface area (Å²) >= 11 is 0. The first-order chi connectivity index (χ1) is 13.6. The molecule has 0 spiro atoms. The predicted octanol–water partition coefficient (Wildman–Crippen LogP) is 3.88. The first-order valence-electron chi connectivity index (χ1n) is 9.57. The molecular formula is C22H28N2O4. The molecule has 0 bridgehead atoms. The third kappa shape index (κ3) is 6.09.